The lowest BCUT2D eigenvalue weighted by Crippen LogP contribution is -2.29. The van der Waals surface area contributed by atoms with Crippen molar-refractivity contribution in [1.82, 2.24) is 5.32 Å². The minimum absolute atomic E-state index is 0.120. The normalized spacial score (nSPS) is 23.0. The Balaban J connectivity index is 2.47. The molecule has 0 spiro atoms. The molecular weight excluding hydrogens is 202 g/mol. The van der Waals surface area contributed by atoms with Crippen molar-refractivity contribution >= 4 is 11.4 Å². The predicted octanol–water partition coefficient (Wildman–Crippen LogP) is 0.947. The lowest BCUT2D eigenvalue weighted by Gasteiger charge is -2.16. The third-order valence-electron chi connectivity index (χ3n) is 3.31. The molecule has 0 saturated carbocycles. The van der Waals surface area contributed by atoms with Gasteiger partial charge in [-0.15, -0.1) is 0 Å². The van der Waals surface area contributed by atoms with E-state index in [0.29, 0.717) is 0 Å². The van der Waals surface area contributed by atoms with E-state index in [2.05, 4.69) is 22.0 Å². The van der Waals surface area contributed by atoms with E-state index in [1.807, 2.05) is 27.2 Å². The number of likely N-dealkylation sites (N-methyl/N-ethyl adjacent to an activating group) is 1. The van der Waals surface area contributed by atoms with Gasteiger partial charge in [0.1, 0.15) is 0 Å². The Bertz CT molecular complexity index is 392. The summed E-state index contributed by atoms with van der Waals surface area (Å²) in [6.07, 6.45) is 0.449. The van der Waals surface area contributed by atoms with Crippen LogP contribution in [0, 0.1) is 0 Å². The van der Waals surface area contributed by atoms with Crippen LogP contribution < -0.4 is 16.0 Å². The molecule has 4 nitrogen and oxygen atoms in total. The van der Waals surface area contributed by atoms with Crippen molar-refractivity contribution in [3.05, 3.63) is 23.3 Å². The first-order valence-corrected chi connectivity index (χ1v) is 5.59. The molecule has 1 aromatic rings. The van der Waals surface area contributed by atoms with Crippen molar-refractivity contribution in [1.29, 1.82) is 0 Å². The molecule has 1 aliphatic rings. The molecule has 4 N–H and O–H groups in total. The van der Waals surface area contributed by atoms with Gasteiger partial charge in [0.15, 0.2) is 0 Å². The zero-order valence-electron chi connectivity index (χ0n) is 9.96. The predicted molar refractivity (Wildman–Crippen MR) is 67.0 cm³/mol. The minimum Gasteiger partial charge on any atom is -0.388 e. The number of rotatable bonds is 3. The quantitative estimate of drug-likeness (QED) is 0.614. The van der Waals surface area contributed by atoms with Gasteiger partial charge in [0.05, 0.1) is 6.10 Å². The minimum atomic E-state index is -0.423. The molecule has 1 aliphatic carbocycles. The topological polar surface area (TPSA) is 56.3 Å². The van der Waals surface area contributed by atoms with Gasteiger partial charge in [-0.2, -0.15) is 0 Å². The lowest BCUT2D eigenvalue weighted by molar-refractivity contribution is 0.146. The fraction of sp³-hybridized carbons (Fsp3) is 0.500. The van der Waals surface area contributed by atoms with E-state index < -0.39 is 6.10 Å². The lowest BCUT2D eigenvalue weighted by atomic mass is 10.1. The fourth-order valence-corrected chi connectivity index (χ4v) is 2.39. The van der Waals surface area contributed by atoms with Crippen LogP contribution in [0.3, 0.4) is 0 Å². The van der Waals surface area contributed by atoms with Gasteiger partial charge in [0.25, 0.3) is 0 Å². The van der Waals surface area contributed by atoms with E-state index >= 15 is 0 Å². The summed E-state index contributed by atoms with van der Waals surface area (Å²) in [7, 11) is 5.67. The summed E-state index contributed by atoms with van der Waals surface area (Å²) in [5.41, 5.74) is 4.32. The summed E-state index contributed by atoms with van der Waals surface area (Å²) in [6.45, 7) is 0. The third kappa shape index (κ3) is 1.64. The second-order valence-corrected chi connectivity index (χ2v) is 4.14. The highest BCUT2D eigenvalue weighted by Gasteiger charge is 2.32. The SMILES string of the molecule is CNc1cc2c(c(NC)c1)C(O)C(NC)C2. The van der Waals surface area contributed by atoms with Gasteiger partial charge in [-0.1, -0.05) is 0 Å². The number of nitrogens with one attached hydrogen (secondary N) is 3. The molecule has 88 valence electrons. The first-order chi connectivity index (χ1) is 7.71. The molecule has 2 unspecified atom stereocenters. The van der Waals surface area contributed by atoms with Crippen molar-refractivity contribution in [2.45, 2.75) is 18.6 Å². The Labute approximate surface area is 96.1 Å². The molecule has 0 radical (unpaired) electrons. The Morgan fingerprint density at radius 3 is 2.50 bits per heavy atom. The summed E-state index contributed by atoms with van der Waals surface area (Å²) in [5, 5.41) is 19.6. The van der Waals surface area contributed by atoms with E-state index in [0.717, 1.165) is 23.4 Å². The average Bonchev–Trinajstić information content (AvgIpc) is 2.65. The highest BCUT2D eigenvalue weighted by molar-refractivity contribution is 5.66. The Morgan fingerprint density at radius 2 is 1.94 bits per heavy atom. The number of hydrogen-bond acceptors (Lipinski definition) is 4. The zero-order chi connectivity index (χ0) is 11.7. The molecular formula is C12H19N3O. The van der Waals surface area contributed by atoms with Crippen LogP contribution in [-0.4, -0.2) is 32.3 Å². The molecule has 0 fully saturated rings. The van der Waals surface area contributed by atoms with Crippen LogP contribution in [0.25, 0.3) is 0 Å². The Kier molecular flexibility index (Phi) is 3.03. The molecule has 0 heterocycles. The number of aliphatic hydroxyl groups excluding tert-OH is 1. The summed E-state index contributed by atoms with van der Waals surface area (Å²) in [5.74, 6) is 0. The van der Waals surface area contributed by atoms with E-state index in [1.165, 1.54) is 5.56 Å². The highest BCUT2D eigenvalue weighted by Crippen LogP contribution is 2.38. The molecule has 0 aliphatic heterocycles. The maximum atomic E-state index is 10.2. The van der Waals surface area contributed by atoms with E-state index in [4.69, 9.17) is 0 Å². The first kappa shape index (κ1) is 11.2. The molecule has 1 aromatic carbocycles. The smallest absolute Gasteiger partial charge is 0.0968 e. The van der Waals surface area contributed by atoms with Crippen LogP contribution in [0.15, 0.2) is 12.1 Å². The molecule has 0 amide bonds. The molecule has 0 saturated heterocycles. The molecule has 16 heavy (non-hydrogen) atoms. The summed E-state index contributed by atoms with van der Waals surface area (Å²) in [4.78, 5) is 0. The Hall–Kier alpha value is -1.26. The second-order valence-electron chi connectivity index (χ2n) is 4.14. The van der Waals surface area contributed by atoms with Gasteiger partial charge < -0.3 is 21.1 Å². The van der Waals surface area contributed by atoms with Crippen LogP contribution in [-0.2, 0) is 6.42 Å². The zero-order valence-corrected chi connectivity index (χ0v) is 9.96. The number of aliphatic hydroxyl groups is 1. The monoisotopic (exact) mass is 221 g/mol. The molecule has 2 atom stereocenters. The summed E-state index contributed by atoms with van der Waals surface area (Å²) >= 11 is 0. The molecule has 0 aromatic heterocycles. The van der Waals surface area contributed by atoms with E-state index in [1.54, 1.807) is 0 Å². The van der Waals surface area contributed by atoms with Crippen LogP contribution in [0.1, 0.15) is 17.2 Å². The van der Waals surface area contributed by atoms with Crippen LogP contribution in [0.4, 0.5) is 11.4 Å². The average molecular weight is 221 g/mol. The van der Waals surface area contributed by atoms with Gasteiger partial charge in [-0.05, 0) is 31.2 Å². The third-order valence-corrected chi connectivity index (χ3v) is 3.31. The standard InChI is InChI=1S/C12H19N3O/c1-13-8-4-7-5-10(15-3)12(16)11(7)9(6-8)14-2/h4,6,10,12-16H,5H2,1-3H3. The number of benzene rings is 1. The maximum Gasteiger partial charge on any atom is 0.0968 e. The first-order valence-electron chi connectivity index (χ1n) is 5.59. The van der Waals surface area contributed by atoms with Crippen molar-refractivity contribution in [2.24, 2.45) is 0 Å². The number of hydrogen-bond donors (Lipinski definition) is 4. The second kappa shape index (κ2) is 4.31. The fourth-order valence-electron chi connectivity index (χ4n) is 2.39. The molecule has 4 heteroatoms. The van der Waals surface area contributed by atoms with Crippen molar-refractivity contribution in [2.75, 3.05) is 31.8 Å². The van der Waals surface area contributed by atoms with Crippen molar-refractivity contribution < 1.29 is 5.11 Å². The largest absolute Gasteiger partial charge is 0.388 e. The molecule has 0 bridgehead atoms. The van der Waals surface area contributed by atoms with Crippen LogP contribution in [0.5, 0.6) is 0 Å². The van der Waals surface area contributed by atoms with E-state index in [9.17, 15) is 5.11 Å². The van der Waals surface area contributed by atoms with Gasteiger partial charge in [-0.3, -0.25) is 0 Å². The van der Waals surface area contributed by atoms with Crippen molar-refractivity contribution in [3.8, 4) is 0 Å². The van der Waals surface area contributed by atoms with E-state index in [-0.39, 0.29) is 6.04 Å². The van der Waals surface area contributed by atoms with Crippen LogP contribution >= 0.6 is 0 Å². The van der Waals surface area contributed by atoms with Crippen LogP contribution in [0.2, 0.25) is 0 Å². The van der Waals surface area contributed by atoms with Gasteiger partial charge in [-0.25, -0.2) is 0 Å². The number of anilines is 2. The molecule has 2 rings (SSSR count). The number of fused-ring (bicyclic) bond motifs is 1. The summed E-state index contributed by atoms with van der Waals surface area (Å²) < 4.78 is 0. The van der Waals surface area contributed by atoms with Gasteiger partial charge >= 0.3 is 0 Å². The van der Waals surface area contributed by atoms with Gasteiger partial charge in [0, 0.05) is 37.1 Å². The Morgan fingerprint density at radius 1 is 1.19 bits per heavy atom. The summed E-state index contributed by atoms with van der Waals surface area (Å²) in [6, 6.07) is 4.26. The maximum absolute atomic E-state index is 10.2. The van der Waals surface area contributed by atoms with Gasteiger partial charge in [0.2, 0.25) is 0 Å². The van der Waals surface area contributed by atoms with Crippen molar-refractivity contribution in [3.63, 3.8) is 0 Å². The highest BCUT2D eigenvalue weighted by atomic mass is 16.3.